The number of fused-ring (bicyclic) bond motifs is 1. The fraction of sp³-hybridized carbons (Fsp3) is 0.158. The van der Waals surface area contributed by atoms with Crippen LogP contribution in [0.25, 0.3) is 21.3 Å². The Labute approximate surface area is 158 Å². The number of carbonyl (C=O) groups is 3. The zero-order valence-corrected chi connectivity index (χ0v) is 14.9. The lowest BCUT2D eigenvalue weighted by molar-refractivity contribution is -0.147. The van der Waals surface area contributed by atoms with E-state index >= 15 is 0 Å². The number of nitrogens with zero attached hydrogens (tertiary/aromatic N) is 1. The van der Waals surface area contributed by atoms with E-state index in [1.165, 1.54) is 11.3 Å². The molecule has 0 aliphatic carbocycles. The van der Waals surface area contributed by atoms with Crippen LogP contribution in [0.4, 0.5) is 0 Å². The lowest BCUT2D eigenvalue weighted by atomic mass is 10.1. The van der Waals surface area contributed by atoms with Crippen molar-refractivity contribution in [1.29, 1.82) is 0 Å². The van der Waals surface area contributed by atoms with E-state index in [1.54, 1.807) is 0 Å². The Kier molecular flexibility index (Phi) is 5.46. The summed E-state index contributed by atoms with van der Waals surface area (Å²) in [5.74, 6) is -3.26. The standard InChI is InChI=1S/C19H16N2O5S/c22-16(20-14(19(25)26)9-18(23)24)10-17-21-13-8-12(6-7-15(13)27-17)11-4-2-1-3-5-11/h1-8,14H,9-10H2,(H,20,22)(H,23,24)(H,25,26)/t14-/m0/s1. The number of benzene rings is 2. The molecular weight excluding hydrogens is 368 g/mol. The molecule has 2 aromatic carbocycles. The number of carboxylic acids is 2. The van der Waals surface area contributed by atoms with Gasteiger partial charge in [0.05, 0.1) is 23.1 Å². The zero-order valence-electron chi connectivity index (χ0n) is 14.1. The second-order valence-corrected chi connectivity index (χ2v) is 7.00. The molecule has 0 aliphatic rings. The number of rotatable bonds is 7. The smallest absolute Gasteiger partial charge is 0.326 e. The van der Waals surface area contributed by atoms with Gasteiger partial charge in [-0.1, -0.05) is 36.4 Å². The van der Waals surface area contributed by atoms with Crippen LogP contribution in [0.5, 0.6) is 0 Å². The van der Waals surface area contributed by atoms with Crippen LogP contribution in [0, 0.1) is 0 Å². The van der Waals surface area contributed by atoms with Crippen molar-refractivity contribution in [3.8, 4) is 11.1 Å². The summed E-state index contributed by atoms with van der Waals surface area (Å²) in [4.78, 5) is 38.3. The summed E-state index contributed by atoms with van der Waals surface area (Å²) in [5.41, 5.74) is 2.82. The average Bonchev–Trinajstić information content (AvgIpc) is 3.02. The molecular formula is C19H16N2O5S. The van der Waals surface area contributed by atoms with E-state index in [4.69, 9.17) is 10.2 Å². The molecule has 0 saturated heterocycles. The summed E-state index contributed by atoms with van der Waals surface area (Å²) < 4.78 is 0.915. The molecule has 1 aromatic heterocycles. The molecule has 0 fully saturated rings. The van der Waals surface area contributed by atoms with Gasteiger partial charge in [-0.05, 0) is 23.3 Å². The molecule has 27 heavy (non-hydrogen) atoms. The van der Waals surface area contributed by atoms with Gasteiger partial charge in [-0.2, -0.15) is 0 Å². The van der Waals surface area contributed by atoms with Gasteiger partial charge >= 0.3 is 11.9 Å². The first kappa shape index (κ1) is 18.5. The van der Waals surface area contributed by atoms with Gasteiger partial charge < -0.3 is 15.5 Å². The SMILES string of the molecule is O=C(O)C[C@H](NC(=O)Cc1nc2cc(-c3ccccc3)ccc2s1)C(=O)O. The number of aromatic nitrogens is 1. The topological polar surface area (TPSA) is 117 Å². The quantitative estimate of drug-likeness (QED) is 0.576. The summed E-state index contributed by atoms with van der Waals surface area (Å²) in [7, 11) is 0. The summed E-state index contributed by atoms with van der Waals surface area (Å²) in [5, 5.41) is 20.5. The van der Waals surface area contributed by atoms with Crippen molar-refractivity contribution >= 4 is 39.4 Å². The Balaban J connectivity index is 1.74. The van der Waals surface area contributed by atoms with Crippen LogP contribution in [-0.2, 0) is 20.8 Å². The van der Waals surface area contributed by atoms with Crippen molar-refractivity contribution in [2.75, 3.05) is 0 Å². The van der Waals surface area contributed by atoms with E-state index in [1.807, 2.05) is 48.5 Å². The number of thiazole rings is 1. The number of aliphatic carboxylic acids is 2. The van der Waals surface area contributed by atoms with Crippen LogP contribution >= 0.6 is 11.3 Å². The number of carbonyl (C=O) groups excluding carboxylic acids is 1. The van der Waals surface area contributed by atoms with E-state index in [0.29, 0.717) is 5.01 Å². The molecule has 8 heteroatoms. The maximum Gasteiger partial charge on any atom is 0.326 e. The molecule has 0 spiro atoms. The molecule has 0 radical (unpaired) electrons. The fourth-order valence-electron chi connectivity index (χ4n) is 2.62. The van der Waals surface area contributed by atoms with Crippen molar-refractivity contribution < 1.29 is 24.6 Å². The minimum atomic E-state index is -1.46. The summed E-state index contributed by atoms with van der Waals surface area (Å²) >= 11 is 1.34. The van der Waals surface area contributed by atoms with Crippen molar-refractivity contribution in [1.82, 2.24) is 10.3 Å². The summed E-state index contributed by atoms with van der Waals surface area (Å²) in [6.45, 7) is 0. The van der Waals surface area contributed by atoms with Gasteiger partial charge in [-0.3, -0.25) is 9.59 Å². The second-order valence-electron chi connectivity index (χ2n) is 5.89. The highest BCUT2D eigenvalue weighted by Gasteiger charge is 2.23. The Morgan fingerprint density at radius 3 is 2.44 bits per heavy atom. The number of amides is 1. The Morgan fingerprint density at radius 2 is 1.78 bits per heavy atom. The van der Waals surface area contributed by atoms with Gasteiger partial charge in [0, 0.05) is 0 Å². The first-order chi connectivity index (χ1) is 12.9. The molecule has 1 amide bonds. The summed E-state index contributed by atoms with van der Waals surface area (Å²) in [6, 6.07) is 14.2. The first-order valence-corrected chi connectivity index (χ1v) is 8.93. The number of hydrogen-bond donors (Lipinski definition) is 3. The van der Waals surface area contributed by atoms with Crippen LogP contribution in [0.1, 0.15) is 11.4 Å². The zero-order chi connectivity index (χ0) is 19.4. The lowest BCUT2D eigenvalue weighted by Crippen LogP contribution is -2.42. The Bertz CT molecular complexity index is 1000. The van der Waals surface area contributed by atoms with Gasteiger partial charge in [0.25, 0.3) is 0 Å². The Morgan fingerprint density at radius 1 is 1.04 bits per heavy atom. The molecule has 7 nitrogen and oxygen atoms in total. The molecule has 138 valence electrons. The number of hydrogen-bond acceptors (Lipinski definition) is 5. The molecule has 0 unspecified atom stereocenters. The molecule has 0 saturated carbocycles. The highest BCUT2D eigenvalue weighted by molar-refractivity contribution is 7.18. The molecule has 1 heterocycles. The van der Waals surface area contributed by atoms with Crippen LogP contribution in [0.2, 0.25) is 0 Å². The first-order valence-electron chi connectivity index (χ1n) is 8.11. The minimum absolute atomic E-state index is 0.108. The predicted octanol–water partition coefficient (Wildman–Crippen LogP) is 2.55. The molecule has 3 aromatic rings. The van der Waals surface area contributed by atoms with Gasteiger partial charge in [0.2, 0.25) is 5.91 Å². The minimum Gasteiger partial charge on any atom is -0.481 e. The largest absolute Gasteiger partial charge is 0.481 e. The van der Waals surface area contributed by atoms with Crippen molar-refractivity contribution in [3.63, 3.8) is 0 Å². The van der Waals surface area contributed by atoms with Crippen molar-refractivity contribution in [2.45, 2.75) is 18.9 Å². The van der Waals surface area contributed by atoms with Crippen molar-refractivity contribution in [3.05, 3.63) is 53.5 Å². The Hall–Kier alpha value is -3.26. The van der Waals surface area contributed by atoms with Gasteiger partial charge in [0.15, 0.2) is 0 Å². The highest BCUT2D eigenvalue weighted by atomic mass is 32.1. The third kappa shape index (κ3) is 4.68. The predicted molar refractivity (Wildman–Crippen MR) is 101 cm³/mol. The maximum absolute atomic E-state index is 12.1. The average molecular weight is 384 g/mol. The van der Waals surface area contributed by atoms with Gasteiger partial charge in [-0.15, -0.1) is 11.3 Å². The van der Waals surface area contributed by atoms with Gasteiger partial charge in [0.1, 0.15) is 11.0 Å². The molecule has 0 bridgehead atoms. The number of nitrogens with one attached hydrogen (secondary N) is 1. The molecule has 0 aliphatic heterocycles. The van der Waals surface area contributed by atoms with E-state index in [-0.39, 0.29) is 6.42 Å². The number of carboxylic acid groups (broad SMARTS) is 2. The van der Waals surface area contributed by atoms with E-state index in [0.717, 1.165) is 21.3 Å². The molecule has 1 atom stereocenters. The van der Waals surface area contributed by atoms with Crippen molar-refractivity contribution in [2.24, 2.45) is 0 Å². The third-order valence-corrected chi connectivity index (χ3v) is 4.90. The van der Waals surface area contributed by atoms with E-state index < -0.39 is 30.3 Å². The maximum atomic E-state index is 12.1. The lowest BCUT2D eigenvalue weighted by Gasteiger charge is -2.11. The van der Waals surface area contributed by atoms with Crippen LogP contribution < -0.4 is 5.32 Å². The molecule has 3 rings (SSSR count). The van der Waals surface area contributed by atoms with E-state index in [2.05, 4.69) is 10.3 Å². The summed E-state index contributed by atoms with van der Waals surface area (Å²) in [6.07, 6.45) is -0.787. The third-order valence-electron chi connectivity index (χ3n) is 3.86. The highest BCUT2D eigenvalue weighted by Crippen LogP contribution is 2.28. The van der Waals surface area contributed by atoms with Crippen LogP contribution in [0.15, 0.2) is 48.5 Å². The van der Waals surface area contributed by atoms with Crippen LogP contribution in [-0.4, -0.2) is 39.1 Å². The second kappa shape index (κ2) is 7.96. The van der Waals surface area contributed by atoms with E-state index in [9.17, 15) is 14.4 Å². The molecule has 3 N–H and O–H groups in total. The fourth-order valence-corrected chi connectivity index (χ4v) is 3.56. The normalized spacial score (nSPS) is 11.9. The van der Waals surface area contributed by atoms with Gasteiger partial charge in [-0.25, -0.2) is 9.78 Å². The monoisotopic (exact) mass is 384 g/mol. The van der Waals surface area contributed by atoms with Crippen LogP contribution in [0.3, 0.4) is 0 Å².